The molecule has 0 fully saturated rings. The number of carbonyl (C=O) groups is 2. The summed E-state index contributed by atoms with van der Waals surface area (Å²) in [5.41, 5.74) is 3.84. The number of benzene rings is 4. The summed E-state index contributed by atoms with van der Waals surface area (Å²) >= 11 is 0. The lowest BCUT2D eigenvalue weighted by molar-refractivity contribution is -0.118. The Morgan fingerprint density at radius 2 is 1.45 bits per heavy atom. The molecular weight excluding hydrogens is 550 g/mol. The van der Waals surface area contributed by atoms with Crippen LogP contribution in [-0.4, -0.2) is 36.1 Å². The van der Waals surface area contributed by atoms with Gasteiger partial charge in [-0.3, -0.25) is 14.3 Å². The largest absolute Gasteiger partial charge is 0.340 e. The van der Waals surface area contributed by atoms with Crippen LogP contribution in [0.3, 0.4) is 0 Å². The highest BCUT2D eigenvalue weighted by Gasteiger charge is 2.23. The molecule has 9 nitrogen and oxygen atoms in total. The average Bonchev–Trinajstić information content (AvgIpc) is 3.46. The molecule has 2 amide bonds. The van der Waals surface area contributed by atoms with Crippen molar-refractivity contribution in [1.29, 1.82) is 0 Å². The number of aromatic nitrogens is 2. The van der Waals surface area contributed by atoms with Crippen molar-refractivity contribution in [3.63, 3.8) is 0 Å². The molecule has 0 spiro atoms. The Morgan fingerprint density at radius 3 is 2.12 bits per heavy atom. The molecule has 1 aromatic heterocycles. The summed E-state index contributed by atoms with van der Waals surface area (Å²) in [6.07, 6.45) is 3.29. The average molecular weight is 580 g/mol. The lowest BCUT2D eigenvalue weighted by Gasteiger charge is -2.19. The van der Waals surface area contributed by atoms with Crippen LogP contribution in [0.5, 0.6) is 0 Å². The van der Waals surface area contributed by atoms with Crippen LogP contribution < -0.4 is 15.4 Å². The molecule has 0 aliphatic carbocycles. The molecule has 42 heavy (non-hydrogen) atoms. The van der Waals surface area contributed by atoms with Crippen molar-refractivity contribution >= 4 is 33.2 Å². The fourth-order valence-corrected chi connectivity index (χ4v) is 5.29. The minimum atomic E-state index is -3.91. The number of aryl methyl sites for hydroxylation is 1. The SMILES string of the molecule is Cc1ccc(C(=O)NC(Cc2ccccc2)C(=O)Nc2ccc(S(=O)(=O)Nc3cnn(-c4ccccc4)c3)cc2)cc1. The molecule has 10 heteroatoms. The Kier molecular flexibility index (Phi) is 8.44. The topological polar surface area (TPSA) is 122 Å². The molecule has 0 aliphatic heterocycles. The van der Waals surface area contributed by atoms with E-state index in [0.29, 0.717) is 16.9 Å². The Labute approximate surface area is 244 Å². The molecule has 0 bridgehead atoms. The van der Waals surface area contributed by atoms with Gasteiger partial charge in [0, 0.05) is 17.7 Å². The van der Waals surface area contributed by atoms with Gasteiger partial charge in [-0.1, -0.05) is 66.2 Å². The molecule has 0 radical (unpaired) electrons. The minimum absolute atomic E-state index is 0.0152. The van der Waals surface area contributed by atoms with E-state index < -0.39 is 22.0 Å². The number of sulfonamides is 1. The van der Waals surface area contributed by atoms with E-state index >= 15 is 0 Å². The van der Waals surface area contributed by atoms with Gasteiger partial charge in [-0.25, -0.2) is 13.1 Å². The summed E-state index contributed by atoms with van der Waals surface area (Å²) in [4.78, 5) is 26.3. The molecule has 5 rings (SSSR count). The molecule has 1 heterocycles. The summed E-state index contributed by atoms with van der Waals surface area (Å²) in [6, 6.07) is 30.7. The van der Waals surface area contributed by atoms with Crippen molar-refractivity contribution in [2.24, 2.45) is 0 Å². The first kappa shape index (κ1) is 28.3. The predicted octanol–water partition coefficient (Wildman–Crippen LogP) is 4.96. The fourth-order valence-electron chi connectivity index (χ4n) is 4.26. The molecule has 1 unspecified atom stereocenters. The van der Waals surface area contributed by atoms with Crippen LogP contribution >= 0.6 is 0 Å². The maximum Gasteiger partial charge on any atom is 0.261 e. The number of rotatable bonds is 10. The third-order valence-electron chi connectivity index (χ3n) is 6.51. The molecule has 4 aromatic carbocycles. The lowest BCUT2D eigenvalue weighted by atomic mass is 10.0. The zero-order chi connectivity index (χ0) is 29.5. The third kappa shape index (κ3) is 7.10. The zero-order valence-corrected chi connectivity index (χ0v) is 23.6. The number of nitrogens with zero attached hydrogens (tertiary/aromatic N) is 2. The summed E-state index contributed by atoms with van der Waals surface area (Å²) in [5, 5.41) is 9.84. The normalized spacial score (nSPS) is 11.8. The second-order valence-corrected chi connectivity index (χ2v) is 11.4. The molecule has 1 atom stereocenters. The third-order valence-corrected chi connectivity index (χ3v) is 7.90. The Hall–Kier alpha value is -5.22. The van der Waals surface area contributed by atoms with Gasteiger partial charge in [-0.2, -0.15) is 5.10 Å². The second-order valence-electron chi connectivity index (χ2n) is 9.71. The van der Waals surface area contributed by atoms with E-state index in [1.165, 1.54) is 30.5 Å². The molecule has 0 saturated carbocycles. The smallest absolute Gasteiger partial charge is 0.261 e. The molecule has 212 valence electrons. The van der Waals surface area contributed by atoms with Crippen LogP contribution in [0.2, 0.25) is 0 Å². The lowest BCUT2D eigenvalue weighted by Crippen LogP contribution is -2.45. The number of para-hydroxylation sites is 1. The highest BCUT2D eigenvalue weighted by Crippen LogP contribution is 2.20. The van der Waals surface area contributed by atoms with Crippen LogP contribution in [0, 0.1) is 6.92 Å². The molecule has 3 N–H and O–H groups in total. The second kappa shape index (κ2) is 12.5. The van der Waals surface area contributed by atoms with Crippen LogP contribution in [0.15, 0.2) is 126 Å². The van der Waals surface area contributed by atoms with Crippen molar-refractivity contribution < 1.29 is 18.0 Å². The van der Waals surface area contributed by atoms with Gasteiger partial charge in [0.1, 0.15) is 6.04 Å². The number of hydrogen-bond acceptors (Lipinski definition) is 5. The van der Waals surface area contributed by atoms with E-state index in [1.54, 1.807) is 23.0 Å². The van der Waals surface area contributed by atoms with Gasteiger partial charge in [0.15, 0.2) is 0 Å². The predicted molar refractivity (Wildman–Crippen MR) is 162 cm³/mol. The minimum Gasteiger partial charge on any atom is -0.340 e. The van der Waals surface area contributed by atoms with Gasteiger partial charge < -0.3 is 10.6 Å². The molecule has 0 aliphatic rings. The van der Waals surface area contributed by atoms with E-state index in [1.807, 2.05) is 79.7 Å². The number of nitrogens with one attached hydrogen (secondary N) is 3. The monoisotopic (exact) mass is 579 g/mol. The van der Waals surface area contributed by atoms with Crippen molar-refractivity contribution in [3.8, 4) is 5.69 Å². The quantitative estimate of drug-likeness (QED) is 0.216. The van der Waals surface area contributed by atoms with E-state index in [9.17, 15) is 18.0 Å². The van der Waals surface area contributed by atoms with E-state index in [-0.39, 0.29) is 17.2 Å². The van der Waals surface area contributed by atoms with Crippen LogP contribution in [0.4, 0.5) is 11.4 Å². The first-order valence-corrected chi connectivity index (χ1v) is 14.7. The number of hydrogen-bond donors (Lipinski definition) is 3. The maximum absolute atomic E-state index is 13.3. The first-order valence-electron chi connectivity index (χ1n) is 13.2. The van der Waals surface area contributed by atoms with Gasteiger partial charge in [0.25, 0.3) is 15.9 Å². The van der Waals surface area contributed by atoms with Gasteiger partial charge in [-0.15, -0.1) is 0 Å². The Balaban J connectivity index is 1.27. The molecule has 5 aromatic rings. The number of carbonyl (C=O) groups excluding carboxylic acids is 2. The molecular formula is C32H29N5O4S. The van der Waals surface area contributed by atoms with Gasteiger partial charge in [0.05, 0.1) is 28.7 Å². The van der Waals surface area contributed by atoms with Crippen molar-refractivity contribution in [1.82, 2.24) is 15.1 Å². The van der Waals surface area contributed by atoms with Gasteiger partial charge in [-0.05, 0) is 61.0 Å². The van der Waals surface area contributed by atoms with Crippen molar-refractivity contribution in [3.05, 3.63) is 138 Å². The fraction of sp³-hybridized carbons (Fsp3) is 0.0938. The number of anilines is 2. The van der Waals surface area contributed by atoms with E-state index in [0.717, 1.165) is 16.8 Å². The Bertz CT molecular complexity index is 1770. The summed E-state index contributed by atoms with van der Waals surface area (Å²) in [5.74, 6) is -0.796. The highest BCUT2D eigenvalue weighted by atomic mass is 32.2. The first-order chi connectivity index (χ1) is 20.3. The van der Waals surface area contributed by atoms with E-state index in [4.69, 9.17) is 0 Å². The van der Waals surface area contributed by atoms with Crippen LogP contribution in [0.1, 0.15) is 21.5 Å². The standard InChI is InChI=1S/C32H29N5O4S/c1-23-12-14-25(15-13-23)31(38)35-30(20-24-8-4-2-5-9-24)32(39)34-26-16-18-29(19-17-26)42(40,41)36-27-21-33-37(22-27)28-10-6-3-7-11-28/h2-19,21-22,30,36H,20H2,1H3,(H,34,39)(H,35,38). The molecule has 0 saturated heterocycles. The zero-order valence-electron chi connectivity index (χ0n) is 22.8. The summed E-state index contributed by atoms with van der Waals surface area (Å²) in [7, 11) is -3.91. The number of amides is 2. The van der Waals surface area contributed by atoms with Crippen LogP contribution in [-0.2, 0) is 21.2 Å². The van der Waals surface area contributed by atoms with E-state index in [2.05, 4.69) is 20.5 Å². The van der Waals surface area contributed by atoms with Crippen molar-refractivity contribution in [2.75, 3.05) is 10.0 Å². The van der Waals surface area contributed by atoms with Crippen LogP contribution in [0.25, 0.3) is 5.69 Å². The van der Waals surface area contributed by atoms with Gasteiger partial charge in [0.2, 0.25) is 5.91 Å². The summed E-state index contributed by atoms with van der Waals surface area (Å²) in [6.45, 7) is 1.93. The summed E-state index contributed by atoms with van der Waals surface area (Å²) < 4.78 is 30.1. The highest BCUT2D eigenvalue weighted by molar-refractivity contribution is 7.92. The van der Waals surface area contributed by atoms with Crippen molar-refractivity contribution in [2.45, 2.75) is 24.3 Å². The van der Waals surface area contributed by atoms with Gasteiger partial charge >= 0.3 is 0 Å². The Morgan fingerprint density at radius 1 is 0.810 bits per heavy atom. The maximum atomic E-state index is 13.3.